The Balaban J connectivity index is 1.82. The van der Waals surface area contributed by atoms with E-state index in [2.05, 4.69) is 53.0 Å². The summed E-state index contributed by atoms with van der Waals surface area (Å²) in [4.78, 5) is 30.3. The van der Waals surface area contributed by atoms with Gasteiger partial charge < -0.3 is 9.21 Å². The quantitative estimate of drug-likeness (QED) is 0.281. The number of fused-ring (bicyclic) bond motifs is 1. The monoisotopic (exact) mass is 451 g/mol. The van der Waals surface area contributed by atoms with E-state index in [-0.39, 0.29) is 39.9 Å². The molecule has 3 aliphatic carbocycles. The molecule has 4 nitrogen and oxygen atoms in total. The molecule has 4 rings (SSSR count). The summed E-state index contributed by atoms with van der Waals surface area (Å²) in [6.45, 7) is 15.2. The first kappa shape index (κ1) is 24.2. The Kier molecular flexibility index (Phi) is 5.90. The summed E-state index contributed by atoms with van der Waals surface area (Å²) in [6.07, 6.45) is 13.8. The van der Waals surface area contributed by atoms with Gasteiger partial charge in [0, 0.05) is 35.4 Å². The zero-order valence-corrected chi connectivity index (χ0v) is 21.5. The summed E-state index contributed by atoms with van der Waals surface area (Å²) in [5, 5.41) is 0. The molecule has 33 heavy (non-hydrogen) atoms. The normalized spacial score (nSPS) is 40.8. The smallest absolute Gasteiger partial charge is 0.139 e. The van der Waals surface area contributed by atoms with E-state index in [1.807, 2.05) is 20.1 Å². The van der Waals surface area contributed by atoms with Crippen LogP contribution in [0.4, 0.5) is 0 Å². The Hall–Kier alpha value is -1.97. The molecule has 0 spiro atoms. The summed E-state index contributed by atoms with van der Waals surface area (Å²) in [6, 6.07) is 2.32. The first-order valence-electron chi connectivity index (χ1n) is 12.7. The topological polar surface area (TPSA) is 59.6 Å². The van der Waals surface area contributed by atoms with E-state index in [1.165, 1.54) is 11.1 Å². The fourth-order valence-corrected chi connectivity index (χ4v) is 8.02. The van der Waals surface area contributed by atoms with Crippen molar-refractivity contribution in [3.63, 3.8) is 0 Å². The standard InChI is InChI=1S/C29H41NO3/c1-19(2)30-18-29(7)22-9-8-21(20-12-15-33-17-20)27(22,5)13-10-23(29)28(6)14-11-25(32)26(3,4)24(28)16-31/h9,12,15-19,21,23-24H,8,10-11,13-14H2,1-7H3. The van der Waals surface area contributed by atoms with Gasteiger partial charge in [-0.05, 0) is 73.8 Å². The number of rotatable bonds is 5. The Morgan fingerprint density at radius 1 is 1.15 bits per heavy atom. The molecule has 1 aromatic rings. The molecule has 3 aliphatic rings. The molecule has 4 heteroatoms. The minimum atomic E-state index is -0.630. The van der Waals surface area contributed by atoms with E-state index in [0.717, 1.165) is 32.0 Å². The van der Waals surface area contributed by atoms with Crippen LogP contribution in [0.5, 0.6) is 0 Å². The fourth-order valence-electron chi connectivity index (χ4n) is 8.02. The molecule has 180 valence electrons. The molecular weight excluding hydrogens is 410 g/mol. The number of nitrogens with zero attached hydrogens (tertiary/aromatic N) is 1. The molecule has 6 atom stereocenters. The number of ketones is 1. The van der Waals surface area contributed by atoms with Gasteiger partial charge in [0.1, 0.15) is 12.1 Å². The third-order valence-corrected chi connectivity index (χ3v) is 9.81. The van der Waals surface area contributed by atoms with Gasteiger partial charge in [-0.2, -0.15) is 0 Å². The number of hydrogen-bond donors (Lipinski definition) is 0. The van der Waals surface area contributed by atoms with Crippen LogP contribution in [0.2, 0.25) is 0 Å². The number of carbonyl (C=O) groups is 2. The van der Waals surface area contributed by atoms with Gasteiger partial charge in [-0.25, -0.2) is 0 Å². The molecule has 1 heterocycles. The lowest BCUT2D eigenvalue weighted by Crippen LogP contribution is -2.57. The molecular formula is C29H41NO3. The minimum absolute atomic E-state index is 0.0329. The third kappa shape index (κ3) is 3.51. The average Bonchev–Trinajstić information content (AvgIpc) is 3.38. The largest absolute Gasteiger partial charge is 0.472 e. The molecule has 0 N–H and O–H groups in total. The second-order valence-electron chi connectivity index (χ2n) is 12.4. The average molecular weight is 452 g/mol. The van der Waals surface area contributed by atoms with Crippen molar-refractivity contribution in [3.05, 3.63) is 35.8 Å². The van der Waals surface area contributed by atoms with Gasteiger partial charge in [-0.1, -0.05) is 46.3 Å². The van der Waals surface area contributed by atoms with Gasteiger partial charge in [0.15, 0.2) is 0 Å². The zero-order valence-electron chi connectivity index (χ0n) is 21.5. The molecule has 0 amide bonds. The molecule has 0 radical (unpaired) electrons. The van der Waals surface area contributed by atoms with Crippen molar-refractivity contribution in [1.29, 1.82) is 0 Å². The van der Waals surface area contributed by atoms with Crippen molar-refractivity contribution < 1.29 is 14.0 Å². The van der Waals surface area contributed by atoms with Gasteiger partial charge in [0.05, 0.1) is 12.5 Å². The van der Waals surface area contributed by atoms with Crippen LogP contribution in [-0.2, 0) is 9.59 Å². The van der Waals surface area contributed by atoms with Crippen LogP contribution < -0.4 is 0 Å². The Morgan fingerprint density at radius 2 is 1.88 bits per heavy atom. The Bertz CT molecular complexity index is 971. The van der Waals surface area contributed by atoms with Crippen LogP contribution in [0.3, 0.4) is 0 Å². The number of hydrogen-bond acceptors (Lipinski definition) is 4. The number of Topliss-reactive ketones (excluding diaryl/α,β-unsaturated/α-hetero) is 1. The third-order valence-electron chi connectivity index (χ3n) is 9.81. The van der Waals surface area contributed by atoms with Gasteiger partial charge >= 0.3 is 0 Å². The highest BCUT2D eigenvalue weighted by molar-refractivity contribution is 5.89. The summed E-state index contributed by atoms with van der Waals surface area (Å²) in [7, 11) is 0. The van der Waals surface area contributed by atoms with Gasteiger partial charge in [0.25, 0.3) is 0 Å². The van der Waals surface area contributed by atoms with E-state index in [4.69, 9.17) is 9.41 Å². The van der Waals surface area contributed by atoms with Crippen LogP contribution in [0, 0.1) is 33.5 Å². The molecule has 0 saturated heterocycles. The molecule has 2 fully saturated rings. The van der Waals surface area contributed by atoms with Gasteiger partial charge in [0.2, 0.25) is 0 Å². The molecule has 6 unspecified atom stereocenters. The number of aliphatic imine (C=N–C) groups is 1. The molecule has 0 aromatic carbocycles. The van der Waals surface area contributed by atoms with E-state index in [0.29, 0.717) is 12.3 Å². The van der Waals surface area contributed by atoms with E-state index in [1.54, 1.807) is 6.26 Å². The van der Waals surface area contributed by atoms with Gasteiger partial charge in [-0.3, -0.25) is 9.79 Å². The molecule has 2 saturated carbocycles. The number of furan rings is 1. The second-order valence-corrected chi connectivity index (χ2v) is 12.4. The highest BCUT2D eigenvalue weighted by Gasteiger charge is 2.63. The second kappa shape index (κ2) is 8.06. The van der Waals surface area contributed by atoms with Crippen LogP contribution in [-0.4, -0.2) is 24.3 Å². The van der Waals surface area contributed by atoms with Crippen molar-refractivity contribution in [2.75, 3.05) is 0 Å². The van der Waals surface area contributed by atoms with Crippen molar-refractivity contribution in [3.8, 4) is 0 Å². The lowest BCUT2D eigenvalue weighted by molar-refractivity contribution is -0.152. The lowest BCUT2D eigenvalue weighted by atomic mass is 9.43. The Morgan fingerprint density at radius 3 is 2.48 bits per heavy atom. The molecule has 0 bridgehead atoms. The highest BCUT2D eigenvalue weighted by Crippen LogP contribution is 2.68. The first-order valence-corrected chi connectivity index (χ1v) is 12.7. The summed E-state index contributed by atoms with van der Waals surface area (Å²) >= 11 is 0. The van der Waals surface area contributed by atoms with Crippen LogP contribution in [0.25, 0.3) is 0 Å². The summed E-state index contributed by atoms with van der Waals surface area (Å²) < 4.78 is 5.46. The van der Waals surface area contributed by atoms with Gasteiger partial charge in [-0.15, -0.1) is 0 Å². The first-order chi connectivity index (χ1) is 15.4. The zero-order chi connectivity index (χ0) is 24.2. The van der Waals surface area contributed by atoms with Crippen molar-refractivity contribution >= 4 is 18.3 Å². The SMILES string of the molecule is CC(C)N=CC1(C)C2=CCC(c3ccoc3)C2(C)CCC1C1(C)CCC(=O)C(C)(C)C1C=O. The van der Waals surface area contributed by atoms with Crippen LogP contribution in [0.1, 0.15) is 92.1 Å². The number of allylic oxidation sites excluding steroid dienone is 2. The Labute approximate surface area is 199 Å². The predicted molar refractivity (Wildman–Crippen MR) is 132 cm³/mol. The summed E-state index contributed by atoms with van der Waals surface area (Å²) in [5.74, 6) is 0.574. The molecule has 0 aliphatic heterocycles. The highest BCUT2D eigenvalue weighted by atomic mass is 16.3. The molecule has 1 aromatic heterocycles. The fraction of sp³-hybridized carbons (Fsp3) is 0.690. The lowest BCUT2D eigenvalue weighted by Gasteiger charge is -2.60. The van der Waals surface area contributed by atoms with Crippen molar-refractivity contribution in [1.82, 2.24) is 0 Å². The minimum Gasteiger partial charge on any atom is -0.472 e. The maximum Gasteiger partial charge on any atom is 0.139 e. The maximum absolute atomic E-state index is 12.8. The van der Waals surface area contributed by atoms with Crippen LogP contribution >= 0.6 is 0 Å². The summed E-state index contributed by atoms with van der Waals surface area (Å²) in [5.41, 5.74) is 1.61. The number of carbonyl (C=O) groups excluding carboxylic acids is 2. The maximum atomic E-state index is 12.8. The van der Waals surface area contributed by atoms with E-state index < -0.39 is 5.41 Å². The van der Waals surface area contributed by atoms with Crippen molar-refractivity contribution in [2.45, 2.75) is 92.5 Å². The van der Waals surface area contributed by atoms with E-state index in [9.17, 15) is 9.59 Å². The van der Waals surface area contributed by atoms with E-state index >= 15 is 0 Å². The predicted octanol–water partition coefficient (Wildman–Crippen LogP) is 6.81. The van der Waals surface area contributed by atoms with Crippen molar-refractivity contribution in [2.24, 2.45) is 38.5 Å². The van der Waals surface area contributed by atoms with Crippen LogP contribution in [0.15, 0.2) is 39.7 Å². The number of aldehydes is 1.